The van der Waals surface area contributed by atoms with Crippen LogP contribution < -0.4 is 9.80 Å². The molecule has 0 aliphatic heterocycles. The van der Waals surface area contributed by atoms with E-state index in [9.17, 15) is 0 Å². The number of rotatable bonds is 8. The van der Waals surface area contributed by atoms with Crippen LogP contribution in [0.2, 0.25) is 0 Å². The van der Waals surface area contributed by atoms with E-state index in [-0.39, 0.29) is 0 Å². The number of nitrogens with zero attached hydrogens (tertiary/aromatic N) is 3. The predicted molar refractivity (Wildman–Crippen MR) is 291 cm³/mol. The van der Waals surface area contributed by atoms with Gasteiger partial charge in [-0.25, -0.2) is 4.85 Å². The van der Waals surface area contributed by atoms with Crippen molar-refractivity contribution in [3.63, 3.8) is 0 Å². The number of furan rings is 2. The molecule has 326 valence electrons. The van der Waals surface area contributed by atoms with Gasteiger partial charge in [-0.1, -0.05) is 182 Å². The molecule has 0 fully saturated rings. The van der Waals surface area contributed by atoms with Crippen LogP contribution in [0.4, 0.5) is 39.8 Å². The van der Waals surface area contributed by atoms with Crippen LogP contribution in [-0.2, 0) is 0 Å². The van der Waals surface area contributed by atoms with Gasteiger partial charge < -0.3 is 18.6 Å². The number of fused-ring (bicyclic) bond motifs is 6. The van der Waals surface area contributed by atoms with Gasteiger partial charge in [-0.3, -0.25) is 0 Å². The van der Waals surface area contributed by atoms with Gasteiger partial charge in [0.15, 0.2) is 16.9 Å². The van der Waals surface area contributed by atoms with Crippen LogP contribution in [0.1, 0.15) is 0 Å². The Labute approximate surface area is 403 Å². The molecule has 0 radical (unpaired) electrons. The Morgan fingerprint density at radius 2 is 0.743 bits per heavy atom. The van der Waals surface area contributed by atoms with Crippen molar-refractivity contribution < 1.29 is 8.83 Å². The summed E-state index contributed by atoms with van der Waals surface area (Å²) in [5.74, 6) is 0. The maximum absolute atomic E-state index is 8.07. The van der Waals surface area contributed by atoms with E-state index >= 15 is 0 Å². The monoisotopic (exact) mass is 893 g/mol. The summed E-state index contributed by atoms with van der Waals surface area (Å²) in [6.07, 6.45) is 0. The molecule has 0 saturated heterocycles. The Balaban J connectivity index is 1.07. The van der Waals surface area contributed by atoms with Gasteiger partial charge in [0.1, 0.15) is 11.2 Å². The Morgan fingerprint density at radius 3 is 1.30 bits per heavy atom. The van der Waals surface area contributed by atoms with E-state index in [1.54, 1.807) is 0 Å². The molecular weight excluding hydrogens is 855 g/mol. The zero-order valence-electron chi connectivity index (χ0n) is 37.7. The molecule has 2 heterocycles. The van der Waals surface area contributed by atoms with Gasteiger partial charge >= 0.3 is 0 Å². The molecule has 0 aliphatic rings. The first kappa shape index (κ1) is 39.5. The molecule has 0 bridgehead atoms. The van der Waals surface area contributed by atoms with Crippen LogP contribution >= 0.6 is 0 Å². The molecule has 0 saturated carbocycles. The highest BCUT2D eigenvalue weighted by Gasteiger charge is 2.28. The second-order valence-corrected chi connectivity index (χ2v) is 17.8. The second-order valence-electron chi connectivity index (χ2n) is 17.8. The van der Waals surface area contributed by atoms with E-state index < -0.39 is 0 Å². The average Bonchev–Trinajstić information content (AvgIpc) is 4.02. The minimum Gasteiger partial charge on any atom is -0.454 e. The van der Waals surface area contributed by atoms with Gasteiger partial charge in [0.05, 0.1) is 40.7 Å². The molecule has 0 aliphatic carbocycles. The fourth-order valence-corrected chi connectivity index (χ4v) is 10.9. The Kier molecular flexibility index (Phi) is 8.89. The number of hydrogen-bond acceptors (Lipinski definition) is 4. The quantitative estimate of drug-likeness (QED) is 0.112. The summed E-state index contributed by atoms with van der Waals surface area (Å²) in [5.41, 5.74) is 13.9. The number of hydrogen-bond donors (Lipinski definition) is 0. The topological polar surface area (TPSA) is 37.1 Å². The number of benzene rings is 12. The summed E-state index contributed by atoms with van der Waals surface area (Å²) in [6, 6.07) is 83.3. The molecule has 12 aromatic carbocycles. The third-order valence-electron chi connectivity index (χ3n) is 14.0. The highest BCUT2D eigenvalue weighted by Crippen LogP contribution is 2.52. The standard InChI is InChI=1S/C65H39N3O2/c1-66-45-34-39-57(53(40-45)42-18-6-3-7-19-42)68(59-27-15-24-50-48-22-10-13-29-61(48)70-65(50)59)56-38-33-44-30-35-51-55(37-32-43-31-36-52(56)63(44)62(43)51)67(54-25-11-8-20-46(54)41-16-4-2-5-17-41)58-26-14-23-49-47-21-9-12-28-60(47)69-64(49)58/h2-40H. The van der Waals surface area contributed by atoms with Crippen molar-refractivity contribution in [1.82, 2.24) is 0 Å². The van der Waals surface area contributed by atoms with Crippen molar-refractivity contribution in [3.05, 3.63) is 248 Å². The zero-order chi connectivity index (χ0) is 46.3. The molecule has 70 heavy (non-hydrogen) atoms. The van der Waals surface area contributed by atoms with Crippen LogP contribution in [0.5, 0.6) is 0 Å². The highest BCUT2D eigenvalue weighted by molar-refractivity contribution is 6.29. The summed E-state index contributed by atoms with van der Waals surface area (Å²) >= 11 is 0. The van der Waals surface area contributed by atoms with E-state index in [0.29, 0.717) is 5.69 Å². The zero-order valence-corrected chi connectivity index (χ0v) is 37.7. The maximum Gasteiger partial charge on any atom is 0.188 e. The molecule has 0 spiro atoms. The summed E-state index contributed by atoms with van der Waals surface area (Å²) in [7, 11) is 0. The van der Waals surface area contributed by atoms with E-state index in [4.69, 9.17) is 15.4 Å². The largest absolute Gasteiger partial charge is 0.454 e. The van der Waals surface area contributed by atoms with E-state index in [1.807, 2.05) is 36.4 Å². The predicted octanol–water partition coefficient (Wildman–Crippen LogP) is 19.2. The van der Waals surface area contributed by atoms with Crippen molar-refractivity contribution in [2.24, 2.45) is 0 Å². The van der Waals surface area contributed by atoms with E-state index in [1.165, 1.54) is 5.39 Å². The molecular formula is C65H39N3O2. The summed E-state index contributed by atoms with van der Waals surface area (Å²) in [4.78, 5) is 8.65. The molecule has 0 unspecified atom stereocenters. The van der Waals surface area contributed by atoms with Gasteiger partial charge in [-0.2, -0.15) is 0 Å². The summed E-state index contributed by atoms with van der Waals surface area (Å²) in [6.45, 7) is 8.07. The molecule has 0 N–H and O–H groups in total. The third-order valence-corrected chi connectivity index (χ3v) is 14.0. The first-order chi connectivity index (χ1) is 34.7. The summed E-state index contributed by atoms with van der Waals surface area (Å²) < 4.78 is 13.7. The highest BCUT2D eigenvalue weighted by atomic mass is 16.3. The van der Waals surface area contributed by atoms with Crippen molar-refractivity contribution in [1.29, 1.82) is 0 Å². The molecule has 14 aromatic rings. The Bertz CT molecular complexity index is 4390. The second kappa shape index (κ2) is 15.7. The van der Waals surface area contributed by atoms with Gasteiger partial charge in [0, 0.05) is 37.9 Å². The Hall–Kier alpha value is -9.63. The van der Waals surface area contributed by atoms with Crippen molar-refractivity contribution in [3.8, 4) is 22.3 Å². The lowest BCUT2D eigenvalue weighted by molar-refractivity contribution is 0.669. The lowest BCUT2D eigenvalue weighted by Crippen LogP contribution is -2.13. The van der Waals surface area contributed by atoms with Crippen LogP contribution in [0, 0.1) is 6.57 Å². The lowest BCUT2D eigenvalue weighted by atomic mass is 9.91. The van der Waals surface area contributed by atoms with Crippen LogP contribution in [0.25, 0.3) is 103 Å². The Morgan fingerprint density at radius 1 is 0.314 bits per heavy atom. The first-order valence-electron chi connectivity index (χ1n) is 23.5. The number of para-hydroxylation sites is 5. The summed E-state index contributed by atoms with van der Waals surface area (Å²) in [5, 5.41) is 11.1. The average molecular weight is 894 g/mol. The third kappa shape index (κ3) is 6.04. The molecule has 2 aromatic heterocycles. The maximum atomic E-state index is 8.07. The van der Waals surface area contributed by atoms with Crippen molar-refractivity contribution in [2.75, 3.05) is 9.80 Å². The van der Waals surface area contributed by atoms with Gasteiger partial charge in [0.25, 0.3) is 0 Å². The fraction of sp³-hybridized carbons (Fsp3) is 0. The van der Waals surface area contributed by atoms with Gasteiger partial charge in [-0.15, -0.1) is 0 Å². The normalized spacial score (nSPS) is 11.7. The number of anilines is 6. The van der Waals surface area contributed by atoms with Crippen LogP contribution in [-0.4, -0.2) is 0 Å². The van der Waals surface area contributed by atoms with Crippen LogP contribution in [0.3, 0.4) is 0 Å². The SMILES string of the molecule is [C-]#[N+]c1ccc(N(c2ccc3ccc4c(N(c5ccccc5-c5ccccc5)c5cccc6c5oc5ccccc56)ccc5ccc2c3c54)c2cccc3c2oc2ccccc23)c(-c2ccccc2)c1. The molecule has 0 amide bonds. The van der Waals surface area contributed by atoms with E-state index in [0.717, 1.165) is 127 Å². The van der Waals surface area contributed by atoms with Gasteiger partial charge in [-0.05, 0) is 92.8 Å². The minimum atomic E-state index is 0.573. The van der Waals surface area contributed by atoms with E-state index in [2.05, 4.69) is 215 Å². The van der Waals surface area contributed by atoms with Crippen LogP contribution in [0.15, 0.2) is 245 Å². The first-order valence-corrected chi connectivity index (χ1v) is 23.5. The van der Waals surface area contributed by atoms with Crippen molar-refractivity contribution in [2.45, 2.75) is 0 Å². The van der Waals surface area contributed by atoms with Gasteiger partial charge in [0.2, 0.25) is 0 Å². The van der Waals surface area contributed by atoms with Crippen molar-refractivity contribution >= 4 is 116 Å². The molecule has 5 nitrogen and oxygen atoms in total. The lowest BCUT2D eigenvalue weighted by Gasteiger charge is -2.31. The minimum absolute atomic E-state index is 0.573. The molecule has 0 atom stereocenters. The molecule has 14 rings (SSSR count). The fourth-order valence-electron chi connectivity index (χ4n) is 10.9. The molecule has 5 heteroatoms. The smallest absolute Gasteiger partial charge is 0.188 e.